The van der Waals surface area contributed by atoms with Gasteiger partial charge in [0.1, 0.15) is 5.82 Å². The van der Waals surface area contributed by atoms with Crippen molar-refractivity contribution >= 4 is 23.1 Å². The molecule has 0 radical (unpaired) electrons. The minimum absolute atomic E-state index is 0.0286. The molecule has 1 aromatic rings. The summed E-state index contributed by atoms with van der Waals surface area (Å²) in [7, 11) is 0. The van der Waals surface area contributed by atoms with Crippen LogP contribution in [0.25, 0.3) is 0 Å². The first-order valence-corrected chi connectivity index (χ1v) is 6.31. The lowest BCUT2D eigenvalue weighted by molar-refractivity contribution is -0.137. The predicted molar refractivity (Wildman–Crippen MR) is 74.0 cm³/mol. The molecule has 0 unspecified atom stereocenters. The number of nitrogens with zero attached hydrogens (tertiary/aromatic N) is 1. The van der Waals surface area contributed by atoms with Crippen molar-refractivity contribution in [2.45, 2.75) is 32.5 Å². The van der Waals surface area contributed by atoms with E-state index in [1.807, 2.05) is 0 Å². The lowest BCUT2D eigenvalue weighted by atomic mass is 9.97. The van der Waals surface area contributed by atoms with E-state index in [9.17, 15) is 22.4 Å². The molecule has 22 heavy (non-hydrogen) atoms. The Balaban J connectivity index is 2.54. The Bertz CT molecular complexity index is 652. The van der Waals surface area contributed by atoms with Gasteiger partial charge in [-0.3, -0.25) is 4.79 Å². The fourth-order valence-electron chi connectivity index (χ4n) is 2.04. The monoisotopic (exact) mass is 318 g/mol. The smallest absolute Gasteiger partial charge is 0.371 e. The number of hydrazone groups is 1. The van der Waals surface area contributed by atoms with Crippen LogP contribution in [0.2, 0.25) is 0 Å². The number of nitrogens with one attached hydrogen (secondary N) is 3. The summed E-state index contributed by atoms with van der Waals surface area (Å²) in [5.41, 5.74) is -0.278. The van der Waals surface area contributed by atoms with E-state index in [1.54, 1.807) is 13.8 Å². The Morgan fingerprint density at radius 2 is 1.95 bits per heavy atom. The summed E-state index contributed by atoms with van der Waals surface area (Å²) in [6.07, 6.45) is -4.73. The van der Waals surface area contributed by atoms with Crippen molar-refractivity contribution in [1.82, 2.24) is 5.43 Å². The third-order valence-electron chi connectivity index (χ3n) is 3.02. The zero-order chi connectivity index (χ0) is 16.7. The number of amides is 1. The molecule has 120 valence electrons. The van der Waals surface area contributed by atoms with Gasteiger partial charge >= 0.3 is 6.18 Å². The zero-order valence-corrected chi connectivity index (χ0v) is 12.0. The molecule has 0 saturated carbocycles. The lowest BCUT2D eigenvalue weighted by Gasteiger charge is -2.36. The van der Waals surface area contributed by atoms with Crippen molar-refractivity contribution in [3.05, 3.63) is 23.5 Å². The van der Waals surface area contributed by atoms with Gasteiger partial charge in [0.05, 0.1) is 22.5 Å². The molecule has 0 aromatic heterocycles. The van der Waals surface area contributed by atoms with Crippen LogP contribution in [0.1, 0.15) is 26.3 Å². The number of alkyl halides is 3. The van der Waals surface area contributed by atoms with Gasteiger partial charge in [-0.2, -0.15) is 18.3 Å². The molecular weight excluding hydrogens is 304 g/mol. The van der Waals surface area contributed by atoms with Crippen LogP contribution >= 0.6 is 0 Å². The van der Waals surface area contributed by atoms with Gasteiger partial charge in [0.25, 0.3) is 0 Å². The molecule has 9 heteroatoms. The minimum Gasteiger partial charge on any atom is -0.371 e. The number of anilines is 2. The summed E-state index contributed by atoms with van der Waals surface area (Å²) >= 11 is 0. The molecule has 1 heterocycles. The quantitative estimate of drug-likeness (QED) is 0.551. The number of rotatable bonds is 1. The van der Waals surface area contributed by atoms with Crippen LogP contribution in [0.15, 0.2) is 17.2 Å². The molecule has 0 spiro atoms. The van der Waals surface area contributed by atoms with Crippen molar-refractivity contribution in [1.29, 1.82) is 0 Å². The SMILES string of the molecule is CC(=O)N/N=C1\Nc2c(cc(F)cc2C(F)(F)F)NC1(C)C. The average molecular weight is 318 g/mol. The Labute approximate surface area is 123 Å². The number of amidine groups is 1. The van der Waals surface area contributed by atoms with E-state index < -0.39 is 29.0 Å². The van der Waals surface area contributed by atoms with Crippen LogP contribution < -0.4 is 16.1 Å². The largest absolute Gasteiger partial charge is 0.418 e. The second-order valence-electron chi connectivity index (χ2n) is 5.38. The molecule has 0 saturated heterocycles. The molecule has 1 aromatic carbocycles. The first kappa shape index (κ1) is 16.1. The van der Waals surface area contributed by atoms with E-state index in [4.69, 9.17) is 0 Å². The fourth-order valence-corrected chi connectivity index (χ4v) is 2.04. The lowest BCUT2D eigenvalue weighted by Crippen LogP contribution is -2.49. The Kier molecular flexibility index (Phi) is 3.76. The summed E-state index contributed by atoms with van der Waals surface area (Å²) in [4.78, 5) is 10.9. The Morgan fingerprint density at radius 1 is 1.32 bits per heavy atom. The second kappa shape index (κ2) is 5.15. The van der Waals surface area contributed by atoms with Crippen molar-refractivity contribution in [3.8, 4) is 0 Å². The highest BCUT2D eigenvalue weighted by Gasteiger charge is 2.40. The van der Waals surface area contributed by atoms with E-state index in [2.05, 4.69) is 21.2 Å². The summed E-state index contributed by atoms with van der Waals surface area (Å²) in [6.45, 7) is 4.47. The van der Waals surface area contributed by atoms with Crippen molar-refractivity contribution in [2.24, 2.45) is 5.10 Å². The normalized spacial score (nSPS) is 18.2. The molecule has 0 aliphatic carbocycles. The summed E-state index contributed by atoms with van der Waals surface area (Å²) in [5, 5.41) is 9.07. The Morgan fingerprint density at radius 3 is 2.50 bits per heavy atom. The highest BCUT2D eigenvalue weighted by molar-refractivity contribution is 6.09. The third kappa shape index (κ3) is 3.12. The number of benzene rings is 1. The first-order valence-electron chi connectivity index (χ1n) is 6.31. The fraction of sp³-hybridized carbons (Fsp3) is 0.385. The molecule has 5 nitrogen and oxygen atoms in total. The second-order valence-corrected chi connectivity index (χ2v) is 5.38. The molecule has 1 aliphatic heterocycles. The molecule has 1 aliphatic rings. The maximum absolute atomic E-state index is 13.4. The van der Waals surface area contributed by atoms with Crippen LogP contribution in [-0.2, 0) is 11.0 Å². The average Bonchev–Trinajstić information content (AvgIpc) is 2.33. The van der Waals surface area contributed by atoms with Gasteiger partial charge in [0, 0.05) is 6.92 Å². The minimum atomic E-state index is -4.73. The highest BCUT2D eigenvalue weighted by atomic mass is 19.4. The van der Waals surface area contributed by atoms with E-state index in [1.165, 1.54) is 6.92 Å². The molecule has 3 N–H and O–H groups in total. The molecule has 2 rings (SSSR count). The number of hydrogen-bond donors (Lipinski definition) is 3. The van der Waals surface area contributed by atoms with Gasteiger partial charge in [-0.15, -0.1) is 0 Å². The van der Waals surface area contributed by atoms with Crippen molar-refractivity contribution in [2.75, 3.05) is 10.6 Å². The van der Waals surface area contributed by atoms with Gasteiger partial charge in [0.2, 0.25) is 5.91 Å². The number of carbonyl (C=O) groups is 1. The molecule has 1 amide bonds. The van der Waals surface area contributed by atoms with Gasteiger partial charge in [-0.25, -0.2) is 9.82 Å². The summed E-state index contributed by atoms with van der Waals surface area (Å²) in [5.74, 6) is -1.39. The van der Waals surface area contributed by atoms with Crippen molar-refractivity contribution in [3.63, 3.8) is 0 Å². The van der Waals surface area contributed by atoms with Crippen LogP contribution in [0.4, 0.5) is 28.9 Å². The number of halogens is 4. The standard InChI is InChI=1S/C13H14F4N4O/c1-6(22)20-21-11-12(2,3)19-9-5-7(14)4-8(10(9)18-11)13(15,16)17/h4-5,19H,1-3H3,(H,18,21)(H,20,22). The number of fused-ring (bicyclic) bond motifs is 1. The number of carbonyl (C=O) groups excluding carboxylic acids is 1. The molecule has 0 atom stereocenters. The highest BCUT2D eigenvalue weighted by Crippen LogP contribution is 2.42. The number of hydrogen-bond acceptors (Lipinski definition) is 3. The van der Waals surface area contributed by atoms with Crippen LogP contribution in [0.3, 0.4) is 0 Å². The maximum atomic E-state index is 13.4. The van der Waals surface area contributed by atoms with E-state index in [-0.39, 0.29) is 17.2 Å². The van der Waals surface area contributed by atoms with Crippen LogP contribution in [0.5, 0.6) is 0 Å². The predicted octanol–water partition coefficient (Wildman–Crippen LogP) is 2.91. The zero-order valence-electron chi connectivity index (χ0n) is 12.0. The van der Waals surface area contributed by atoms with Gasteiger partial charge < -0.3 is 10.6 Å². The summed E-state index contributed by atoms with van der Waals surface area (Å²) < 4.78 is 52.6. The van der Waals surface area contributed by atoms with E-state index in [0.717, 1.165) is 6.07 Å². The molecule has 0 fully saturated rings. The maximum Gasteiger partial charge on any atom is 0.418 e. The van der Waals surface area contributed by atoms with Crippen LogP contribution in [-0.4, -0.2) is 17.3 Å². The first-order chi connectivity index (χ1) is 10.0. The van der Waals surface area contributed by atoms with Crippen LogP contribution in [0, 0.1) is 5.82 Å². The van der Waals surface area contributed by atoms with E-state index in [0.29, 0.717) is 6.07 Å². The summed E-state index contributed by atoms with van der Waals surface area (Å²) in [6, 6.07) is 1.37. The van der Waals surface area contributed by atoms with Gasteiger partial charge in [-0.05, 0) is 26.0 Å². The topological polar surface area (TPSA) is 65.5 Å². The molecule has 0 bridgehead atoms. The Hall–Kier alpha value is -2.32. The van der Waals surface area contributed by atoms with Gasteiger partial charge in [-0.1, -0.05) is 0 Å². The van der Waals surface area contributed by atoms with E-state index >= 15 is 0 Å². The van der Waals surface area contributed by atoms with Crippen molar-refractivity contribution < 1.29 is 22.4 Å². The van der Waals surface area contributed by atoms with Gasteiger partial charge in [0.15, 0.2) is 5.84 Å². The molecular formula is C13H14F4N4O. The third-order valence-corrected chi connectivity index (χ3v) is 3.02.